The Morgan fingerprint density at radius 1 is 1.62 bits per heavy atom. The molecule has 1 rings (SSSR count). The Hall–Kier alpha value is -0.990. The zero-order valence-electron chi connectivity index (χ0n) is 7.03. The fourth-order valence-corrected chi connectivity index (χ4v) is 1.25. The van der Waals surface area contributed by atoms with E-state index in [2.05, 4.69) is 6.92 Å². The van der Waals surface area contributed by atoms with Gasteiger partial charge in [0.2, 0.25) is 0 Å². The van der Waals surface area contributed by atoms with Crippen molar-refractivity contribution >= 4 is 17.4 Å². The molecule has 0 saturated carbocycles. The van der Waals surface area contributed by atoms with Gasteiger partial charge < -0.3 is 5.11 Å². The van der Waals surface area contributed by atoms with E-state index >= 15 is 0 Å². The van der Waals surface area contributed by atoms with Crippen molar-refractivity contribution in [3.8, 4) is 0 Å². The Kier molecular flexibility index (Phi) is 3.34. The number of hydrogen-bond acceptors (Lipinski definition) is 2. The Balaban J connectivity index is 2.76. The van der Waals surface area contributed by atoms with Gasteiger partial charge in [0.15, 0.2) is 0 Å². The third kappa shape index (κ3) is 3.09. The summed E-state index contributed by atoms with van der Waals surface area (Å²) in [5.41, 5.74) is 0.643. The molecule has 1 aromatic rings. The summed E-state index contributed by atoms with van der Waals surface area (Å²) in [5, 5.41) is 10.0. The van der Waals surface area contributed by atoms with Gasteiger partial charge in [-0.25, -0.2) is 4.79 Å². The van der Waals surface area contributed by atoms with Crippen LogP contribution in [0.3, 0.4) is 0 Å². The van der Waals surface area contributed by atoms with Gasteiger partial charge in [-0.1, -0.05) is 23.7 Å². The van der Waals surface area contributed by atoms with E-state index in [1.54, 1.807) is 24.3 Å². The van der Waals surface area contributed by atoms with Crippen LogP contribution in [-0.2, 0) is 4.79 Å². The summed E-state index contributed by atoms with van der Waals surface area (Å²) in [6, 6.07) is 6.80. The van der Waals surface area contributed by atoms with Crippen molar-refractivity contribution in [1.29, 1.82) is 0 Å². The van der Waals surface area contributed by atoms with E-state index in [0.29, 0.717) is 10.6 Å². The van der Waals surface area contributed by atoms with Crippen LogP contribution in [0.25, 0.3) is 0 Å². The van der Waals surface area contributed by atoms with Crippen LogP contribution in [0.2, 0.25) is 5.02 Å². The highest BCUT2D eigenvalue weighted by Gasteiger charge is 2.13. The molecule has 0 aliphatic carbocycles. The first kappa shape index (κ1) is 10.1. The topological polar surface area (TPSA) is 37.3 Å². The lowest BCUT2D eigenvalue weighted by Crippen LogP contribution is -2.03. The molecule has 0 saturated heterocycles. The predicted molar refractivity (Wildman–Crippen MR) is 51.4 cm³/mol. The van der Waals surface area contributed by atoms with E-state index in [-0.39, 0.29) is 12.2 Å². The average molecular weight is 198 g/mol. The van der Waals surface area contributed by atoms with Crippen molar-refractivity contribution in [1.82, 2.24) is 0 Å². The van der Waals surface area contributed by atoms with Gasteiger partial charge in [0, 0.05) is 5.02 Å². The fraction of sp³-hybridized carbons (Fsp3) is 0.200. The summed E-state index contributed by atoms with van der Waals surface area (Å²) >= 11 is 5.71. The summed E-state index contributed by atoms with van der Waals surface area (Å²) in [7, 11) is 0. The molecule has 1 aromatic carbocycles. The van der Waals surface area contributed by atoms with Gasteiger partial charge in [0.25, 0.3) is 0 Å². The molecule has 0 aromatic heterocycles. The first-order chi connectivity index (χ1) is 6.09. The molecule has 1 atom stereocenters. The minimum atomic E-state index is -0.802. The number of hydrogen-bond donors (Lipinski definition) is 1. The molecule has 0 spiro atoms. The smallest absolute Gasteiger partial charge is 0.306 e. The number of benzene rings is 1. The van der Waals surface area contributed by atoms with Gasteiger partial charge in [-0.15, -0.1) is 0 Å². The summed E-state index contributed by atoms with van der Waals surface area (Å²) < 4.78 is 0. The number of rotatable bonds is 3. The summed E-state index contributed by atoms with van der Waals surface area (Å²) in [5.74, 6) is -0.285. The van der Waals surface area contributed by atoms with Gasteiger partial charge in [-0.3, -0.25) is 0 Å². The van der Waals surface area contributed by atoms with E-state index in [1.165, 1.54) is 0 Å². The highest BCUT2D eigenvalue weighted by molar-refractivity contribution is 6.30. The first-order valence-corrected chi connectivity index (χ1v) is 4.25. The van der Waals surface area contributed by atoms with Crippen molar-refractivity contribution in [3.05, 3.63) is 41.8 Å². The molecular formula is C10H10ClO2+. The SMILES string of the molecule is [CH2+]C(=O)C[C@H](O)c1cccc(Cl)c1. The summed E-state index contributed by atoms with van der Waals surface area (Å²) in [6.45, 7) is 3.19. The lowest BCUT2D eigenvalue weighted by atomic mass is 10.1. The maximum atomic E-state index is 10.6. The molecule has 3 heteroatoms. The fourth-order valence-electron chi connectivity index (χ4n) is 1.05. The van der Waals surface area contributed by atoms with Crippen LogP contribution in [0.5, 0.6) is 0 Å². The molecule has 0 aliphatic rings. The number of aliphatic hydroxyl groups is 1. The van der Waals surface area contributed by atoms with E-state index in [9.17, 15) is 9.90 Å². The molecule has 2 nitrogen and oxygen atoms in total. The second kappa shape index (κ2) is 4.30. The second-order valence-electron chi connectivity index (χ2n) is 2.81. The van der Waals surface area contributed by atoms with E-state index in [1.807, 2.05) is 0 Å². The van der Waals surface area contributed by atoms with Crippen LogP contribution in [-0.4, -0.2) is 10.9 Å². The zero-order chi connectivity index (χ0) is 9.84. The number of Topliss-reactive ketones (excluding diaryl/α,β-unsaturated/α-hetero) is 1. The molecule has 0 heterocycles. The van der Waals surface area contributed by atoms with Crippen molar-refractivity contribution in [2.75, 3.05) is 0 Å². The van der Waals surface area contributed by atoms with Crippen molar-refractivity contribution < 1.29 is 9.90 Å². The molecule has 1 N–H and O–H groups in total. The number of carbonyl (C=O) groups excluding carboxylic acids is 1. The predicted octanol–water partition coefficient (Wildman–Crippen LogP) is 2.17. The maximum absolute atomic E-state index is 10.6. The standard InChI is InChI=1S/C10H10ClO2/c1-7(12)5-10(13)8-3-2-4-9(11)6-8/h2-4,6,10,13H,1,5H2/q+1/t10-/m0/s1. The molecule has 0 fully saturated rings. The molecule has 68 valence electrons. The number of halogens is 1. The van der Waals surface area contributed by atoms with Crippen LogP contribution >= 0.6 is 11.6 Å². The van der Waals surface area contributed by atoms with Crippen LogP contribution < -0.4 is 0 Å². The van der Waals surface area contributed by atoms with Crippen LogP contribution in [0, 0.1) is 6.92 Å². The summed E-state index contributed by atoms with van der Waals surface area (Å²) in [4.78, 5) is 10.6. The van der Waals surface area contributed by atoms with Crippen molar-refractivity contribution in [2.24, 2.45) is 0 Å². The number of aliphatic hydroxyl groups excluding tert-OH is 1. The lowest BCUT2D eigenvalue weighted by Gasteiger charge is -2.06. The Labute approximate surface area is 82.2 Å². The van der Waals surface area contributed by atoms with E-state index in [4.69, 9.17) is 11.6 Å². The summed E-state index contributed by atoms with van der Waals surface area (Å²) in [6.07, 6.45) is -0.774. The van der Waals surface area contributed by atoms with Crippen LogP contribution in [0.4, 0.5) is 0 Å². The van der Waals surface area contributed by atoms with Crippen LogP contribution in [0.1, 0.15) is 18.1 Å². The third-order valence-electron chi connectivity index (χ3n) is 1.65. The first-order valence-electron chi connectivity index (χ1n) is 3.88. The van der Waals surface area contributed by atoms with Gasteiger partial charge in [0.05, 0.1) is 12.5 Å². The second-order valence-corrected chi connectivity index (χ2v) is 3.25. The monoisotopic (exact) mass is 197 g/mol. The van der Waals surface area contributed by atoms with E-state index < -0.39 is 6.10 Å². The minimum absolute atomic E-state index is 0.0281. The molecule has 0 radical (unpaired) electrons. The van der Waals surface area contributed by atoms with Gasteiger partial charge in [-0.2, -0.15) is 0 Å². The van der Waals surface area contributed by atoms with Crippen molar-refractivity contribution in [3.63, 3.8) is 0 Å². The van der Waals surface area contributed by atoms with Crippen LogP contribution in [0.15, 0.2) is 24.3 Å². The minimum Gasteiger partial charge on any atom is -0.388 e. The molecule has 0 amide bonds. The Morgan fingerprint density at radius 3 is 2.85 bits per heavy atom. The Bertz CT molecular complexity index is 310. The van der Waals surface area contributed by atoms with Crippen molar-refractivity contribution in [2.45, 2.75) is 12.5 Å². The normalized spacial score (nSPS) is 12.5. The zero-order valence-corrected chi connectivity index (χ0v) is 7.79. The molecule has 0 unspecified atom stereocenters. The highest BCUT2D eigenvalue weighted by atomic mass is 35.5. The average Bonchev–Trinajstić information content (AvgIpc) is 2.03. The molecule has 0 aliphatic heterocycles. The molecular weight excluding hydrogens is 188 g/mol. The third-order valence-corrected chi connectivity index (χ3v) is 1.89. The van der Waals surface area contributed by atoms with Gasteiger partial charge in [-0.05, 0) is 17.7 Å². The Morgan fingerprint density at radius 2 is 2.31 bits per heavy atom. The van der Waals surface area contributed by atoms with E-state index in [0.717, 1.165) is 0 Å². The highest BCUT2D eigenvalue weighted by Crippen LogP contribution is 2.20. The number of ketones is 1. The maximum Gasteiger partial charge on any atom is 0.306 e. The van der Waals surface area contributed by atoms with Gasteiger partial charge >= 0.3 is 5.78 Å². The van der Waals surface area contributed by atoms with Gasteiger partial charge in [0.1, 0.15) is 6.92 Å². The quantitative estimate of drug-likeness (QED) is 0.755. The molecule has 13 heavy (non-hydrogen) atoms. The largest absolute Gasteiger partial charge is 0.388 e. The molecule has 0 bridgehead atoms. The lowest BCUT2D eigenvalue weighted by molar-refractivity contribution is -0.116. The number of carbonyl (C=O) groups is 1.